The Balaban J connectivity index is 2.14. The first-order valence-electron chi connectivity index (χ1n) is 8.77. The summed E-state index contributed by atoms with van der Waals surface area (Å²) in [6, 6.07) is 7.46. The Bertz CT molecular complexity index is 795. The van der Waals surface area contributed by atoms with Crippen LogP contribution in [0.1, 0.15) is 26.2 Å². The van der Waals surface area contributed by atoms with Crippen molar-refractivity contribution in [3.05, 3.63) is 34.6 Å². The first-order chi connectivity index (χ1) is 12.2. The van der Waals surface area contributed by atoms with E-state index in [1.165, 1.54) is 11.1 Å². The van der Waals surface area contributed by atoms with E-state index < -0.39 is 0 Å². The van der Waals surface area contributed by atoms with Gasteiger partial charge in [-0.2, -0.15) is 5.10 Å². The summed E-state index contributed by atoms with van der Waals surface area (Å²) in [6.07, 6.45) is 3.52. The predicted molar refractivity (Wildman–Crippen MR) is 98.8 cm³/mol. The smallest absolute Gasteiger partial charge is 0.268 e. The molecule has 1 fully saturated rings. The van der Waals surface area contributed by atoms with Crippen LogP contribution in [0.5, 0.6) is 11.5 Å². The lowest BCUT2D eigenvalue weighted by atomic mass is 10.1. The summed E-state index contributed by atoms with van der Waals surface area (Å²) in [5, 5.41) is 4.63. The van der Waals surface area contributed by atoms with Crippen LogP contribution in [-0.2, 0) is 6.54 Å². The van der Waals surface area contributed by atoms with Gasteiger partial charge < -0.3 is 14.4 Å². The molecule has 0 bridgehead atoms. The molecular weight excluding hydrogens is 318 g/mol. The van der Waals surface area contributed by atoms with Crippen LogP contribution < -0.4 is 19.9 Å². The molecule has 0 N–H and O–H groups in total. The average Bonchev–Trinajstić information content (AvgIpc) is 2.67. The number of hydrogen-bond donors (Lipinski definition) is 0. The fourth-order valence-corrected chi connectivity index (χ4v) is 3.27. The molecule has 0 aliphatic carbocycles. The summed E-state index contributed by atoms with van der Waals surface area (Å²) < 4.78 is 12.3. The zero-order chi connectivity index (χ0) is 17.8. The Morgan fingerprint density at radius 2 is 1.76 bits per heavy atom. The molecule has 2 aromatic rings. The fraction of sp³-hybridized carbons (Fsp3) is 0.474. The number of methoxy groups -OCH3 is 2. The summed E-state index contributed by atoms with van der Waals surface area (Å²) in [7, 11) is 3.24. The Morgan fingerprint density at radius 3 is 2.40 bits per heavy atom. The Labute approximate surface area is 148 Å². The number of piperidine rings is 1. The van der Waals surface area contributed by atoms with Crippen molar-refractivity contribution >= 4 is 5.69 Å². The number of anilines is 1. The normalized spacial score (nSPS) is 14.4. The number of ether oxygens (including phenoxy) is 2. The van der Waals surface area contributed by atoms with Gasteiger partial charge in [0, 0.05) is 31.3 Å². The van der Waals surface area contributed by atoms with Gasteiger partial charge in [0.15, 0.2) is 11.5 Å². The molecule has 134 valence electrons. The standard InChI is InChI=1S/C19H25N3O3/c1-4-22-18(23)13-15(21-10-6-5-7-11-21)19(20-22)14-8-9-16(24-2)17(12-14)25-3/h8-9,12-13H,4-7,10-11H2,1-3H3. The molecule has 1 aromatic carbocycles. The fourth-order valence-electron chi connectivity index (χ4n) is 3.27. The van der Waals surface area contributed by atoms with E-state index in [1.807, 2.05) is 25.1 Å². The largest absolute Gasteiger partial charge is 0.493 e. The van der Waals surface area contributed by atoms with Crippen molar-refractivity contribution in [2.45, 2.75) is 32.7 Å². The molecule has 0 unspecified atom stereocenters. The van der Waals surface area contributed by atoms with Gasteiger partial charge in [-0.05, 0) is 44.4 Å². The minimum Gasteiger partial charge on any atom is -0.493 e. The monoisotopic (exact) mass is 343 g/mol. The van der Waals surface area contributed by atoms with E-state index in [-0.39, 0.29) is 5.56 Å². The van der Waals surface area contributed by atoms with Gasteiger partial charge in [-0.1, -0.05) is 0 Å². The number of hydrogen-bond acceptors (Lipinski definition) is 5. The van der Waals surface area contributed by atoms with Crippen molar-refractivity contribution < 1.29 is 9.47 Å². The molecule has 3 rings (SSSR count). The minimum absolute atomic E-state index is 0.0627. The number of benzene rings is 1. The van der Waals surface area contributed by atoms with Gasteiger partial charge in [0.05, 0.1) is 19.9 Å². The average molecular weight is 343 g/mol. The van der Waals surface area contributed by atoms with Crippen LogP contribution in [0.2, 0.25) is 0 Å². The molecule has 2 heterocycles. The molecular formula is C19H25N3O3. The van der Waals surface area contributed by atoms with Crippen molar-refractivity contribution in [3.63, 3.8) is 0 Å². The molecule has 1 aliphatic heterocycles. The second-order valence-electron chi connectivity index (χ2n) is 6.15. The van der Waals surface area contributed by atoms with Crippen LogP contribution in [0.25, 0.3) is 11.3 Å². The molecule has 6 nitrogen and oxygen atoms in total. The van der Waals surface area contributed by atoms with E-state index in [0.29, 0.717) is 18.0 Å². The topological polar surface area (TPSA) is 56.6 Å². The Hall–Kier alpha value is -2.50. The second kappa shape index (κ2) is 7.59. The van der Waals surface area contributed by atoms with Crippen LogP contribution >= 0.6 is 0 Å². The molecule has 6 heteroatoms. The summed E-state index contributed by atoms with van der Waals surface area (Å²) in [5.74, 6) is 1.33. The Kier molecular flexibility index (Phi) is 5.26. The highest BCUT2D eigenvalue weighted by Gasteiger charge is 2.19. The molecule has 0 spiro atoms. The maximum Gasteiger partial charge on any atom is 0.268 e. The van der Waals surface area contributed by atoms with E-state index in [2.05, 4.69) is 10.00 Å². The van der Waals surface area contributed by atoms with Crippen molar-refractivity contribution in [1.29, 1.82) is 0 Å². The van der Waals surface area contributed by atoms with Gasteiger partial charge in [-0.15, -0.1) is 0 Å². The third kappa shape index (κ3) is 3.48. The van der Waals surface area contributed by atoms with Crippen LogP contribution in [0.15, 0.2) is 29.1 Å². The lowest BCUT2D eigenvalue weighted by molar-refractivity contribution is 0.355. The van der Waals surface area contributed by atoms with Crippen molar-refractivity contribution in [2.24, 2.45) is 0 Å². The number of aromatic nitrogens is 2. The number of aryl methyl sites for hydroxylation is 1. The summed E-state index contributed by atoms with van der Waals surface area (Å²) in [6.45, 7) is 4.38. The highest BCUT2D eigenvalue weighted by Crippen LogP contribution is 2.35. The molecule has 0 radical (unpaired) electrons. The van der Waals surface area contributed by atoms with Crippen LogP contribution in [-0.4, -0.2) is 37.1 Å². The maximum atomic E-state index is 12.3. The lowest BCUT2D eigenvalue weighted by Crippen LogP contribution is -2.33. The minimum atomic E-state index is -0.0627. The molecule has 1 aromatic heterocycles. The zero-order valence-electron chi connectivity index (χ0n) is 15.1. The number of nitrogens with zero attached hydrogens (tertiary/aromatic N) is 3. The third-order valence-corrected chi connectivity index (χ3v) is 4.63. The van der Waals surface area contributed by atoms with Crippen LogP contribution in [0, 0.1) is 0 Å². The predicted octanol–water partition coefficient (Wildman–Crippen LogP) is 2.94. The van der Waals surface area contributed by atoms with E-state index in [1.54, 1.807) is 20.3 Å². The van der Waals surface area contributed by atoms with Gasteiger partial charge in [0.25, 0.3) is 5.56 Å². The molecule has 0 atom stereocenters. The molecule has 1 saturated heterocycles. The molecule has 0 saturated carbocycles. The van der Waals surface area contributed by atoms with Crippen molar-refractivity contribution in [3.8, 4) is 22.8 Å². The van der Waals surface area contributed by atoms with Crippen LogP contribution in [0.4, 0.5) is 5.69 Å². The summed E-state index contributed by atoms with van der Waals surface area (Å²) >= 11 is 0. The van der Waals surface area contributed by atoms with Gasteiger partial charge in [0.1, 0.15) is 5.69 Å². The van der Waals surface area contributed by atoms with Gasteiger partial charge in [0.2, 0.25) is 0 Å². The zero-order valence-corrected chi connectivity index (χ0v) is 15.1. The molecule has 0 amide bonds. The Morgan fingerprint density at radius 1 is 1.04 bits per heavy atom. The van der Waals surface area contributed by atoms with E-state index in [4.69, 9.17) is 9.47 Å². The second-order valence-corrected chi connectivity index (χ2v) is 6.15. The van der Waals surface area contributed by atoms with Gasteiger partial charge in [-0.3, -0.25) is 4.79 Å². The summed E-state index contributed by atoms with van der Waals surface area (Å²) in [4.78, 5) is 14.6. The first kappa shape index (κ1) is 17.3. The van der Waals surface area contributed by atoms with Crippen molar-refractivity contribution in [1.82, 2.24) is 9.78 Å². The first-order valence-corrected chi connectivity index (χ1v) is 8.77. The highest BCUT2D eigenvalue weighted by atomic mass is 16.5. The number of rotatable bonds is 5. The highest BCUT2D eigenvalue weighted by molar-refractivity contribution is 5.76. The molecule has 1 aliphatic rings. The van der Waals surface area contributed by atoms with Crippen LogP contribution in [0.3, 0.4) is 0 Å². The van der Waals surface area contributed by atoms with E-state index in [0.717, 1.165) is 42.9 Å². The SMILES string of the molecule is CCn1nc(-c2ccc(OC)c(OC)c2)c(N2CCCCC2)cc1=O. The third-order valence-electron chi connectivity index (χ3n) is 4.63. The van der Waals surface area contributed by atoms with E-state index in [9.17, 15) is 4.79 Å². The van der Waals surface area contributed by atoms with Gasteiger partial charge >= 0.3 is 0 Å². The summed E-state index contributed by atoms with van der Waals surface area (Å²) in [5.41, 5.74) is 2.57. The van der Waals surface area contributed by atoms with Gasteiger partial charge in [-0.25, -0.2) is 4.68 Å². The van der Waals surface area contributed by atoms with Crippen molar-refractivity contribution in [2.75, 3.05) is 32.2 Å². The maximum absolute atomic E-state index is 12.3. The lowest BCUT2D eigenvalue weighted by Gasteiger charge is -2.30. The van der Waals surface area contributed by atoms with E-state index >= 15 is 0 Å². The quantitative estimate of drug-likeness (QED) is 0.835. The molecule has 25 heavy (non-hydrogen) atoms.